The normalized spacial score (nSPS) is 20.8. The van der Waals surface area contributed by atoms with Crippen LogP contribution in [0.1, 0.15) is 82.3 Å². The van der Waals surface area contributed by atoms with E-state index in [0.717, 1.165) is 30.2 Å². The van der Waals surface area contributed by atoms with E-state index in [0.29, 0.717) is 36.9 Å². The van der Waals surface area contributed by atoms with E-state index < -0.39 is 41.5 Å². The molecular weight excluding hydrogens is 670 g/mol. The van der Waals surface area contributed by atoms with Gasteiger partial charge in [-0.3, -0.25) is 24.1 Å². The Labute approximate surface area is 313 Å². The molecule has 3 amide bonds. The van der Waals surface area contributed by atoms with Crippen molar-refractivity contribution in [2.45, 2.75) is 96.4 Å². The van der Waals surface area contributed by atoms with E-state index in [1.807, 2.05) is 81.4 Å². The monoisotopic (exact) mass is 727 g/mol. The summed E-state index contributed by atoms with van der Waals surface area (Å²) in [7, 11) is 0. The smallest absolute Gasteiger partial charge is 0.246 e. The van der Waals surface area contributed by atoms with Crippen LogP contribution in [0.5, 0.6) is 0 Å². The third-order valence-electron chi connectivity index (χ3n) is 10.5. The van der Waals surface area contributed by atoms with Crippen molar-refractivity contribution >= 4 is 34.4 Å². The minimum Gasteiger partial charge on any atom is -0.390 e. The number of piperidine rings is 1. The minimum absolute atomic E-state index is 0.0407. The summed E-state index contributed by atoms with van der Waals surface area (Å²) in [5.74, 6) is -1.26. The van der Waals surface area contributed by atoms with E-state index in [-0.39, 0.29) is 43.5 Å². The van der Waals surface area contributed by atoms with Crippen molar-refractivity contribution < 1.29 is 29.0 Å². The van der Waals surface area contributed by atoms with Crippen molar-refractivity contribution in [3.8, 4) is 0 Å². The first kappa shape index (κ1) is 40.0. The number of fused-ring (bicyclic) bond motifs is 2. The quantitative estimate of drug-likeness (QED) is 0.158. The van der Waals surface area contributed by atoms with Crippen molar-refractivity contribution in [3.63, 3.8) is 0 Å². The van der Waals surface area contributed by atoms with Crippen molar-refractivity contribution in [1.82, 2.24) is 25.8 Å². The number of rotatable bonds is 16. The highest BCUT2D eigenvalue weighted by Crippen LogP contribution is 2.39. The van der Waals surface area contributed by atoms with E-state index in [9.17, 15) is 24.3 Å². The lowest BCUT2D eigenvalue weighted by atomic mass is 9.72. The molecule has 1 aliphatic carbocycles. The number of hydrogen-bond donors (Lipinski definition) is 4. The van der Waals surface area contributed by atoms with Gasteiger partial charge in [0.1, 0.15) is 12.3 Å². The second-order valence-corrected chi connectivity index (χ2v) is 15.8. The van der Waals surface area contributed by atoms with E-state index in [1.54, 1.807) is 13.0 Å². The fraction of sp³-hybridized carbons (Fsp3) is 0.548. The number of benzene rings is 2. The number of aromatic nitrogens is 1. The summed E-state index contributed by atoms with van der Waals surface area (Å²) in [6.07, 6.45) is 4.39. The SMILES string of the molecule is CCOCC(=O)NCC(CC(=O)c1ccc2ccccc2n1)C(=O)NC(Cc1ccccc1)C(O)CN1CC2CCCCC2CC1C(=O)NC(C)(C)C. The summed E-state index contributed by atoms with van der Waals surface area (Å²) >= 11 is 0. The number of para-hydroxylation sites is 1. The van der Waals surface area contributed by atoms with Crippen LogP contribution in [0, 0.1) is 17.8 Å². The molecular formula is C42H57N5O6. The Balaban J connectivity index is 1.37. The molecule has 11 heteroatoms. The molecule has 1 saturated carbocycles. The molecule has 0 bridgehead atoms. The van der Waals surface area contributed by atoms with Crippen LogP contribution in [0.3, 0.4) is 0 Å². The number of Topliss-reactive ketones (excluding diaryl/α,β-unsaturated/α-hetero) is 1. The highest BCUT2D eigenvalue weighted by Gasteiger charge is 2.42. The summed E-state index contributed by atoms with van der Waals surface area (Å²) in [5, 5.41) is 21.9. The lowest BCUT2D eigenvalue weighted by Gasteiger charge is -2.47. The van der Waals surface area contributed by atoms with Crippen molar-refractivity contribution in [2.75, 3.05) is 32.8 Å². The highest BCUT2D eigenvalue weighted by molar-refractivity contribution is 5.99. The molecule has 2 aliphatic rings. The second-order valence-electron chi connectivity index (χ2n) is 15.8. The lowest BCUT2D eigenvalue weighted by Crippen LogP contribution is -2.60. The average molecular weight is 728 g/mol. The maximum absolute atomic E-state index is 14.2. The van der Waals surface area contributed by atoms with Gasteiger partial charge >= 0.3 is 0 Å². The predicted octanol–water partition coefficient (Wildman–Crippen LogP) is 4.46. The number of aliphatic hydroxyl groups is 1. The van der Waals surface area contributed by atoms with Crippen LogP contribution >= 0.6 is 0 Å². The van der Waals surface area contributed by atoms with Gasteiger partial charge in [-0.05, 0) is 76.5 Å². The summed E-state index contributed by atoms with van der Waals surface area (Å²) in [5.41, 5.74) is 1.42. The standard InChI is InChI=1S/C42H57N5O6/c1-5-53-27-39(50)43-24-32(23-37(48)34-20-19-29-15-11-12-18-33(29)44-34)40(51)45-35(21-28-13-7-6-8-14-28)38(49)26-47-25-31-17-10-9-16-30(31)22-36(47)41(52)46-42(2,3)4/h6-8,11-15,18-20,30-32,35-36,38,49H,5,9-10,16-17,21-27H2,1-4H3,(H,43,50)(H,45,51)(H,46,52). The summed E-state index contributed by atoms with van der Waals surface area (Å²) < 4.78 is 5.24. The maximum atomic E-state index is 14.2. The molecule has 1 aromatic heterocycles. The number of nitrogens with zero attached hydrogens (tertiary/aromatic N) is 2. The van der Waals surface area contributed by atoms with Crippen molar-refractivity contribution in [1.29, 1.82) is 0 Å². The van der Waals surface area contributed by atoms with Crippen LogP contribution in [0.4, 0.5) is 0 Å². The van der Waals surface area contributed by atoms with Crippen LogP contribution in [-0.2, 0) is 25.5 Å². The molecule has 6 unspecified atom stereocenters. The van der Waals surface area contributed by atoms with Gasteiger partial charge in [-0.1, -0.05) is 73.9 Å². The molecule has 0 spiro atoms. The lowest BCUT2D eigenvalue weighted by molar-refractivity contribution is -0.133. The predicted molar refractivity (Wildman–Crippen MR) is 205 cm³/mol. The second kappa shape index (κ2) is 18.7. The van der Waals surface area contributed by atoms with Gasteiger partial charge in [0, 0.05) is 43.6 Å². The average Bonchev–Trinajstić information content (AvgIpc) is 3.14. The van der Waals surface area contributed by atoms with E-state index >= 15 is 0 Å². The fourth-order valence-electron chi connectivity index (χ4n) is 7.74. The van der Waals surface area contributed by atoms with Gasteiger partial charge in [0.15, 0.2) is 5.78 Å². The molecule has 1 saturated heterocycles. The first-order chi connectivity index (χ1) is 25.4. The fourth-order valence-corrected chi connectivity index (χ4v) is 7.74. The van der Waals surface area contributed by atoms with Crippen LogP contribution in [-0.4, -0.2) is 95.1 Å². The number of amides is 3. The Morgan fingerprint density at radius 1 is 0.962 bits per heavy atom. The summed E-state index contributed by atoms with van der Waals surface area (Å²) in [4.78, 5) is 60.8. The Morgan fingerprint density at radius 3 is 2.42 bits per heavy atom. The third-order valence-corrected chi connectivity index (χ3v) is 10.5. The largest absolute Gasteiger partial charge is 0.390 e. The molecule has 53 heavy (non-hydrogen) atoms. The molecule has 2 fully saturated rings. The van der Waals surface area contributed by atoms with E-state index in [2.05, 4.69) is 25.8 Å². The van der Waals surface area contributed by atoms with Crippen LogP contribution in [0.15, 0.2) is 66.7 Å². The number of likely N-dealkylation sites (tertiary alicyclic amines) is 1. The molecule has 1 aliphatic heterocycles. The minimum atomic E-state index is -1.03. The Bertz CT molecular complexity index is 1690. The molecule has 0 radical (unpaired) electrons. The van der Waals surface area contributed by atoms with Gasteiger partial charge in [-0.15, -0.1) is 0 Å². The topological polar surface area (TPSA) is 150 Å². The van der Waals surface area contributed by atoms with E-state index in [4.69, 9.17) is 4.74 Å². The number of β-amino-alcohol motifs (C(OH)–C–C–N with tert-alkyl or cyclic N) is 1. The Hall–Kier alpha value is -4.19. The molecule has 6 atom stereocenters. The summed E-state index contributed by atoms with van der Waals surface area (Å²) in [6, 6.07) is 19.4. The van der Waals surface area contributed by atoms with Crippen molar-refractivity contribution in [3.05, 3.63) is 78.0 Å². The number of carbonyl (C=O) groups is 4. The number of carbonyl (C=O) groups excluding carboxylic acids is 4. The van der Waals surface area contributed by atoms with Gasteiger partial charge < -0.3 is 25.8 Å². The Kier molecular flexibility index (Phi) is 14.1. The molecule has 4 N–H and O–H groups in total. The zero-order valence-corrected chi connectivity index (χ0v) is 31.7. The van der Waals surface area contributed by atoms with Crippen LogP contribution < -0.4 is 16.0 Å². The first-order valence-corrected chi connectivity index (χ1v) is 19.2. The molecule has 11 nitrogen and oxygen atoms in total. The number of ketones is 1. The van der Waals surface area contributed by atoms with Gasteiger partial charge in [-0.25, -0.2) is 4.98 Å². The molecule has 3 aromatic rings. The number of ether oxygens (including phenoxy) is 1. The first-order valence-electron chi connectivity index (χ1n) is 19.2. The molecule has 2 heterocycles. The van der Waals surface area contributed by atoms with Crippen molar-refractivity contribution in [2.24, 2.45) is 17.8 Å². The highest BCUT2D eigenvalue weighted by atomic mass is 16.5. The van der Waals surface area contributed by atoms with E-state index in [1.165, 1.54) is 12.8 Å². The zero-order valence-electron chi connectivity index (χ0n) is 31.7. The zero-order chi connectivity index (χ0) is 38.0. The third kappa shape index (κ3) is 11.6. The molecule has 286 valence electrons. The van der Waals surface area contributed by atoms with Gasteiger partial charge in [0.25, 0.3) is 0 Å². The molecule has 2 aromatic carbocycles. The van der Waals surface area contributed by atoms with Gasteiger partial charge in [0.2, 0.25) is 17.7 Å². The van der Waals surface area contributed by atoms with Crippen LogP contribution in [0.25, 0.3) is 10.9 Å². The van der Waals surface area contributed by atoms with Crippen LogP contribution in [0.2, 0.25) is 0 Å². The maximum Gasteiger partial charge on any atom is 0.246 e. The molecule has 5 rings (SSSR count). The number of aliphatic hydroxyl groups excluding tert-OH is 1. The van der Waals surface area contributed by atoms with Gasteiger partial charge in [0.05, 0.1) is 29.6 Å². The van der Waals surface area contributed by atoms with Gasteiger partial charge in [-0.2, -0.15) is 0 Å². The number of pyridine rings is 1. The number of nitrogens with one attached hydrogen (secondary N) is 3. The summed E-state index contributed by atoms with van der Waals surface area (Å²) in [6.45, 7) is 8.69. The Morgan fingerprint density at radius 2 is 1.68 bits per heavy atom. The number of hydrogen-bond acceptors (Lipinski definition) is 8.